The molecule has 3 nitrogen and oxygen atoms in total. The van der Waals surface area contributed by atoms with Crippen LogP contribution in [-0.4, -0.2) is 10.3 Å². The Balaban J connectivity index is 0.000000810. The van der Waals surface area contributed by atoms with Crippen LogP contribution in [0, 0.1) is 0 Å². The molecule has 0 amide bonds. The first-order valence-electron chi connectivity index (χ1n) is 3.00. The summed E-state index contributed by atoms with van der Waals surface area (Å²) in [7, 11) is 0. The van der Waals surface area contributed by atoms with E-state index in [4.69, 9.17) is 0 Å². The summed E-state index contributed by atoms with van der Waals surface area (Å²) in [6, 6.07) is 2.27. The average molecular weight is 160 g/mol. The molecule has 10 heavy (non-hydrogen) atoms. The highest BCUT2D eigenvalue weighted by Crippen LogP contribution is 1.84. The molecule has 1 aromatic rings. The number of aromatic nitrogens is 3. The molecule has 0 atom stereocenters. The lowest BCUT2D eigenvalue weighted by Crippen LogP contribution is -3.00. The van der Waals surface area contributed by atoms with Gasteiger partial charge in [-0.05, 0) is 13.8 Å². The largest absolute Gasteiger partial charge is 1.00 e. The molecule has 0 saturated heterocycles. The summed E-state index contributed by atoms with van der Waals surface area (Å²) in [5.74, 6) is 0. The Morgan fingerprint density at radius 3 is 2.40 bits per heavy atom. The molecule has 0 spiro atoms. The van der Waals surface area contributed by atoms with Gasteiger partial charge in [0, 0.05) is 6.07 Å². The zero-order valence-corrected chi connectivity index (χ0v) is 6.78. The first kappa shape index (κ1) is 9.30. The number of hydrogen-bond acceptors (Lipinski definition) is 2. The highest BCUT2D eigenvalue weighted by atomic mass is 35.5. The van der Waals surface area contributed by atoms with Gasteiger partial charge in [-0.15, -0.1) is 4.68 Å². The van der Waals surface area contributed by atoms with Gasteiger partial charge in [-0.1, -0.05) is 0 Å². The summed E-state index contributed by atoms with van der Waals surface area (Å²) >= 11 is 0. The second-order valence-corrected chi connectivity index (χ2v) is 2.17. The molecule has 0 aliphatic heterocycles. The third-order valence-corrected chi connectivity index (χ3v) is 1.08. The lowest BCUT2D eigenvalue weighted by Gasteiger charge is -1.95. The van der Waals surface area contributed by atoms with Crippen LogP contribution in [0.1, 0.15) is 19.9 Å². The van der Waals surface area contributed by atoms with Crippen LogP contribution in [0.2, 0.25) is 0 Å². The van der Waals surface area contributed by atoms with Crippen LogP contribution in [0.3, 0.4) is 0 Å². The standard InChI is InChI=1S/C6H10N3.ClH/c1-6(2)9-5-3-4-7-8-9;/h3-6H,1-2H3;1H/q+1;/p-1. The van der Waals surface area contributed by atoms with Gasteiger partial charge < -0.3 is 12.4 Å². The first-order chi connectivity index (χ1) is 4.30. The topological polar surface area (TPSA) is 29.7 Å². The Kier molecular flexibility index (Phi) is 3.88. The molecule has 0 aliphatic carbocycles. The minimum atomic E-state index is 0. The molecule has 0 aliphatic rings. The van der Waals surface area contributed by atoms with Crippen molar-refractivity contribution < 1.29 is 17.1 Å². The monoisotopic (exact) mass is 159 g/mol. The van der Waals surface area contributed by atoms with Crippen LogP contribution in [0.5, 0.6) is 0 Å². The lowest BCUT2D eigenvalue weighted by atomic mass is 10.4. The van der Waals surface area contributed by atoms with E-state index in [-0.39, 0.29) is 12.4 Å². The Morgan fingerprint density at radius 1 is 1.40 bits per heavy atom. The number of nitrogens with zero attached hydrogens (tertiary/aromatic N) is 3. The van der Waals surface area contributed by atoms with E-state index >= 15 is 0 Å². The van der Waals surface area contributed by atoms with Crippen molar-refractivity contribution in [3.8, 4) is 0 Å². The van der Waals surface area contributed by atoms with E-state index < -0.39 is 0 Å². The van der Waals surface area contributed by atoms with E-state index in [1.54, 1.807) is 10.9 Å². The van der Waals surface area contributed by atoms with E-state index in [1.807, 2.05) is 12.3 Å². The fourth-order valence-electron chi connectivity index (χ4n) is 0.560. The summed E-state index contributed by atoms with van der Waals surface area (Å²) in [6.45, 7) is 4.13. The van der Waals surface area contributed by atoms with E-state index in [1.165, 1.54) is 0 Å². The molecule has 0 bridgehead atoms. The average Bonchev–Trinajstić information content (AvgIpc) is 1.90. The lowest BCUT2D eigenvalue weighted by molar-refractivity contribution is -0.776. The molecule has 0 unspecified atom stereocenters. The molecule has 0 aromatic carbocycles. The van der Waals surface area contributed by atoms with E-state index in [0.29, 0.717) is 6.04 Å². The Hall–Kier alpha value is -0.700. The SMILES string of the molecule is CC(C)[n+]1cccnn1.[Cl-]. The molecular formula is C6H10ClN3. The molecule has 1 aromatic heterocycles. The smallest absolute Gasteiger partial charge is 0.171 e. The normalized spacial score (nSPS) is 9.10. The third kappa shape index (κ3) is 2.27. The van der Waals surface area contributed by atoms with Gasteiger partial charge in [0.05, 0.1) is 5.10 Å². The highest BCUT2D eigenvalue weighted by Gasteiger charge is 2.00. The van der Waals surface area contributed by atoms with Gasteiger partial charge in [-0.3, -0.25) is 0 Å². The maximum Gasteiger partial charge on any atom is 0.171 e. The number of rotatable bonds is 1. The van der Waals surface area contributed by atoms with Crippen molar-refractivity contribution in [2.75, 3.05) is 0 Å². The van der Waals surface area contributed by atoms with Crippen molar-refractivity contribution in [3.05, 3.63) is 18.5 Å². The van der Waals surface area contributed by atoms with Gasteiger partial charge in [0.25, 0.3) is 0 Å². The maximum absolute atomic E-state index is 3.84. The van der Waals surface area contributed by atoms with Crippen molar-refractivity contribution in [2.45, 2.75) is 19.9 Å². The molecule has 4 heteroatoms. The quantitative estimate of drug-likeness (QED) is 0.419. The Morgan fingerprint density at radius 2 is 2.10 bits per heavy atom. The Labute approximate surface area is 66.5 Å². The van der Waals surface area contributed by atoms with Crippen molar-refractivity contribution in [2.24, 2.45) is 0 Å². The second-order valence-electron chi connectivity index (χ2n) is 2.17. The van der Waals surface area contributed by atoms with Crippen LogP contribution < -0.4 is 17.1 Å². The van der Waals surface area contributed by atoms with E-state index in [0.717, 1.165) is 0 Å². The molecule has 0 fully saturated rings. The third-order valence-electron chi connectivity index (χ3n) is 1.08. The molecule has 1 rings (SSSR count). The van der Waals surface area contributed by atoms with Crippen LogP contribution in [0.15, 0.2) is 18.5 Å². The van der Waals surface area contributed by atoms with Gasteiger partial charge in [0.1, 0.15) is 17.5 Å². The predicted octanol–water partition coefficient (Wildman–Crippen LogP) is -2.65. The second kappa shape index (κ2) is 4.17. The number of hydrogen-bond donors (Lipinski definition) is 0. The van der Waals surface area contributed by atoms with Gasteiger partial charge in [-0.25, -0.2) is 0 Å². The van der Waals surface area contributed by atoms with Gasteiger partial charge in [0.15, 0.2) is 6.20 Å². The minimum absolute atomic E-state index is 0. The summed E-state index contributed by atoms with van der Waals surface area (Å²) in [5, 5.41) is 7.56. The highest BCUT2D eigenvalue weighted by molar-refractivity contribution is 4.65. The summed E-state index contributed by atoms with van der Waals surface area (Å²) in [5.41, 5.74) is 0. The van der Waals surface area contributed by atoms with Crippen molar-refractivity contribution in [1.82, 2.24) is 10.3 Å². The minimum Gasteiger partial charge on any atom is -1.00 e. The van der Waals surface area contributed by atoms with Crippen LogP contribution in [0.25, 0.3) is 0 Å². The molecule has 1 heterocycles. The van der Waals surface area contributed by atoms with Crippen molar-refractivity contribution in [3.63, 3.8) is 0 Å². The summed E-state index contributed by atoms with van der Waals surface area (Å²) in [6.07, 6.45) is 3.57. The molecule has 0 saturated carbocycles. The molecule has 0 radical (unpaired) electrons. The zero-order valence-electron chi connectivity index (χ0n) is 6.03. The first-order valence-corrected chi connectivity index (χ1v) is 3.00. The van der Waals surface area contributed by atoms with Crippen molar-refractivity contribution >= 4 is 0 Å². The fraction of sp³-hybridized carbons (Fsp3) is 0.500. The van der Waals surface area contributed by atoms with Crippen LogP contribution >= 0.6 is 0 Å². The van der Waals surface area contributed by atoms with Crippen LogP contribution in [0.4, 0.5) is 0 Å². The Bertz CT molecular complexity index is 176. The number of halogens is 1. The zero-order chi connectivity index (χ0) is 6.69. The van der Waals surface area contributed by atoms with Gasteiger partial charge in [0.2, 0.25) is 0 Å². The molecular weight excluding hydrogens is 150 g/mol. The molecule has 0 N–H and O–H groups in total. The van der Waals surface area contributed by atoms with Crippen molar-refractivity contribution in [1.29, 1.82) is 0 Å². The fourth-order valence-corrected chi connectivity index (χ4v) is 0.560. The van der Waals surface area contributed by atoms with E-state index in [2.05, 4.69) is 24.2 Å². The summed E-state index contributed by atoms with van der Waals surface area (Å²) in [4.78, 5) is 0. The van der Waals surface area contributed by atoms with Gasteiger partial charge >= 0.3 is 0 Å². The predicted molar refractivity (Wildman–Crippen MR) is 32.6 cm³/mol. The van der Waals surface area contributed by atoms with Crippen LogP contribution in [-0.2, 0) is 0 Å². The summed E-state index contributed by atoms with van der Waals surface area (Å²) < 4.78 is 1.81. The molecule has 56 valence electrons. The van der Waals surface area contributed by atoms with E-state index in [9.17, 15) is 0 Å². The maximum atomic E-state index is 3.84. The van der Waals surface area contributed by atoms with Gasteiger partial charge in [-0.2, -0.15) is 0 Å².